The summed E-state index contributed by atoms with van der Waals surface area (Å²) in [5, 5.41) is 22.7. The molecule has 8 heteroatoms. The number of ether oxygens (including phenoxy) is 1. The molecular formula is C34H46N2O6. The molecule has 0 bridgehead atoms. The van der Waals surface area contributed by atoms with Gasteiger partial charge in [-0.2, -0.15) is 0 Å². The van der Waals surface area contributed by atoms with Crippen molar-refractivity contribution in [2.24, 2.45) is 0 Å². The molecule has 1 saturated heterocycles. The predicted molar refractivity (Wildman–Crippen MR) is 165 cm³/mol. The maximum absolute atomic E-state index is 13.2. The molecule has 1 amide bonds. The highest BCUT2D eigenvalue weighted by Crippen LogP contribution is 2.40. The molecular weight excluding hydrogens is 532 g/mol. The highest BCUT2D eigenvalue weighted by molar-refractivity contribution is 6.46. The van der Waals surface area contributed by atoms with Crippen molar-refractivity contribution in [1.29, 1.82) is 0 Å². The number of Topliss-reactive ketones (excluding diaryl/α,β-unsaturated/α-hetero) is 1. The number of nitro benzene ring substituents is 1. The van der Waals surface area contributed by atoms with Crippen molar-refractivity contribution >= 4 is 23.1 Å². The third-order valence-electron chi connectivity index (χ3n) is 8.05. The standard InChI is InChI=1S/C34H46N2O6/c1-3-4-5-6-7-8-9-10-11-12-13-14-15-16-24-35-31(27-18-17-19-28(25-27)36(40)41)30(33(38)34(35)39)32(37)26-20-22-29(42-2)23-21-26/h17-23,25,31,37H,3-16,24H2,1-2H3/b32-30+. The second-order valence-electron chi connectivity index (χ2n) is 11.2. The highest BCUT2D eigenvalue weighted by atomic mass is 16.6. The van der Waals surface area contributed by atoms with E-state index in [2.05, 4.69) is 6.92 Å². The van der Waals surface area contributed by atoms with Crippen LogP contribution in [0.4, 0.5) is 5.69 Å². The number of likely N-dealkylation sites (tertiary alicyclic amines) is 1. The van der Waals surface area contributed by atoms with Crippen LogP contribution in [0.25, 0.3) is 5.76 Å². The lowest BCUT2D eigenvalue weighted by Gasteiger charge is -2.25. The summed E-state index contributed by atoms with van der Waals surface area (Å²) in [4.78, 5) is 38.9. The van der Waals surface area contributed by atoms with Gasteiger partial charge in [0.05, 0.1) is 23.6 Å². The van der Waals surface area contributed by atoms with Crippen LogP contribution in [0, 0.1) is 10.1 Å². The second-order valence-corrected chi connectivity index (χ2v) is 11.2. The van der Waals surface area contributed by atoms with Gasteiger partial charge in [0.2, 0.25) is 0 Å². The van der Waals surface area contributed by atoms with Crippen molar-refractivity contribution in [1.82, 2.24) is 4.90 Å². The molecule has 1 atom stereocenters. The van der Waals surface area contributed by atoms with Crippen LogP contribution in [-0.2, 0) is 9.59 Å². The number of rotatable bonds is 19. The lowest BCUT2D eigenvalue weighted by atomic mass is 9.95. The number of carbonyl (C=O) groups is 2. The van der Waals surface area contributed by atoms with Gasteiger partial charge < -0.3 is 14.7 Å². The number of unbranched alkanes of at least 4 members (excludes halogenated alkanes) is 13. The van der Waals surface area contributed by atoms with E-state index in [-0.39, 0.29) is 17.0 Å². The van der Waals surface area contributed by atoms with Crippen molar-refractivity contribution in [2.45, 2.75) is 103 Å². The zero-order valence-corrected chi connectivity index (χ0v) is 25.2. The molecule has 0 radical (unpaired) electrons. The number of ketones is 1. The molecule has 42 heavy (non-hydrogen) atoms. The van der Waals surface area contributed by atoms with Crippen LogP contribution < -0.4 is 4.74 Å². The van der Waals surface area contributed by atoms with Crippen LogP contribution in [0.2, 0.25) is 0 Å². The zero-order chi connectivity index (χ0) is 30.3. The summed E-state index contributed by atoms with van der Waals surface area (Å²) in [7, 11) is 1.53. The number of amides is 1. The first-order chi connectivity index (χ1) is 20.4. The molecule has 0 aliphatic carbocycles. The number of benzene rings is 2. The van der Waals surface area contributed by atoms with Gasteiger partial charge in [-0.3, -0.25) is 19.7 Å². The lowest BCUT2D eigenvalue weighted by molar-refractivity contribution is -0.384. The lowest BCUT2D eigenvalue weighted by Crippen LogP contribution is -2.30. The van der Waals surface area contributed by atoms with E-state index in [1.165, 1.54) is 94.4 Å². The molecule has 0 spiro atoms. The first kappa shape index (κ1) is 32.8. The molecule has 8 nitrogen and oxygen atoms in total. The van der Waals surface area contributed by atoms with Gasteiger partial charge >= 0.3 is 0 Å². The molecule has 2 aromatic carbocycles. The number of nitrogens with zero attached hydrogens (tertiary/aromatic N) is 2. The van der Waals surface area contributed by atoms with E-state index in [4.69, 9.17) is 4.74 Å². The zero-order valence-electron chi connectivity index (χ0n) is 25.2. The van der Waals surface area contributed by atoms with Crippen molar-refractivity contribution in [2.75, 3.05) is 13.7 Å². The average Bonchev–Trinajstić information content (AvgIpc) is 3.26. The summed E-state index contributed by atoms with van der Waals surface area (Å²) >= 11 is 0. The fourth-order valence-electron chi connectivity index (χ4n) is 5.65. The monoisotopic (exact) mass is 578 g/mol. The summed E-state index contributed by atoms with van der Waals surface area (Å²) in [6.45, 7) is 2.57. The van der Waals surface area contributed by atoms with E-state index in [1.807, 2.05) is 0 Å². The molecule has 1 unspecified atom stereocenters. The van der Waals surface area contributed by atoms with Crippen LogP contribution in [0.1, 0.15) is 114 Å². The average molecular weight is 579 g/mol. The number of aliphatic hydroxyl groups excluding tert-OH is 1. The van der Waals surface area contributed by atoms with Gasteiger partial charge in [-0.25, -0.2) is 0 Å². The molecule has 1 fully saturated rings. The Labute approximate surface area is 249 Å². The first-order valence-corrected chi connectivity index (χ1v) is 15.6. The van der Waals surface area contributed by atoms with Gasteiger partial charge in [0.1, 0.15) is 11.5 Å². The van der Waals surface area contributed by atoms with Crippen molar-refractivity contribution in [3.8, 4) is 5.75 Å². The summed E-state index contributed by atoms with van der Waals surface area (Å²) in [5.74, 6) is -1.21. The molecule has 1 aliphatic heterocycles. The molecule has 0 saturated carbocycles. The van der Waals surface area contributed by atoms with Crippen molar-refractivity contribution in [3.05, 3.63) is 75.3 Å². The molecule has 0 aromatic heterocycles. The number of carbonyl (C=O) groups excluding carboxylic acids is 2. The molecule has 228 valence electrons. The smallest absolute Gasteiger partial charge is 0.295 e. The minimum atomic E-state index is -0.908. The predicted octanol–water partition coefficient (Wildman–Crippen LogP) is 8.51. The molecule has 3 rings (SSSR count). The van der Waals surface area contributed by atoms with Crippen LogP contribution in [0.15, 0.2) is 54.1 Å². The van der Waals surface area contributed by atoms with Crippen molar-refractivity contribution in [3.63, 3.8) is 0 Å². The van der Waals surface area contributed by atoms with Gasteiger partial charge in [-0.1, -0.05) is 103 Å². The Morgan fingerprint density at radius 3 is 1.93 bits per heavy atom. The van der Waals surface area contributed by atoms with Gasteiger partial charge in [0, 0.05) is 24.2 Å². The Morgan fingerprint density at radius 2 is 1.40 bits per heavy atom. The molecule has 1 N–H and O–H groups in total. The van der Waals surface area contributed by atoms with Crippen LogP contribution >= 0.6 is 0 Å². The maximum Gasteiger partial charge on any atom is 0.295 e. The Morgan fingerprint density at radius 1 is 0.857 bits per heavy atom. The number of aliphatic hydroxyl groups is 1. The number of hydrogen-bond acceptors (Lipinski definition) is 6. The number of methoxy groups -OCH3 is 1. The van der Waals surface area contributed by atoms with E-state index in [0.717, 1.165) is 19.3 Å². The van der Waals surface area contributed by atoms with Crippen LogP contribution in [0.5, 0.6) is 5.75 Å². The van der Waals surface area contributed by atoms with E-state index in [9.17, 15) is 24.8 Å². The summed E-state index contributed by atoms with van der Waals surface area (Å²) in [6, 6.07) is 11.6. The first-order valence-electron chi connectivity index (χ1n) is 15.6. The van der Waals surface area contributed by atoms with Gasteiger partial charge in [-0.05, 0) is 36.2 Å². The maximum atomic E-state index is 13.2. The third kappa shape index (κ3) is 9.16. The highest BCUT2D eigenvalue weighted by Gasteiger charge is 2.46. The Hall–Kier alpha value is -3.68. The van der Waals surface area contributed by atoms with Crippen molar-refractivity contribution < 1.29 is 24.4 Å². The minimum Gasteiger partial charge on any atom is -0.507 e. The normalized spacial score (nSPS) is 16.2. The largest absolute Gasteiger partial charge is 0.507 e. The quantitative estimate of drug-likeness (QED) is 0.0447. The van der Waals surface area contributed by atoms with E-state index >= 15 is 0 Å². The topological polar surface area (TPSA) is 110 Å². The van der Waals surface area contributed by atoms with Gasteiger partial charge in [0.25, 0.3) is 17.4 Å². The van der Waals surface area contributed by atoms with Crippen LogP contribution in [0.3, 0.4) is 0 Å². The summed E-state index contributed by atoms with van der Waals surface area (Å²) in [6.07, 6.45) is 16.9. The fourth-order valence-corrected chi connectivity index (χ4v) is 5.65. The van der Waals surface area contributed by atoms with Crippen LogP contribution in [-0.4, -0.2) is 40.3 Å². The Kier molecular flexibility index (Phi) is 13.5. The SMILES string of the molecule is CCCCCCCCCCCCCCCCN1C(=O)C(=O)/C(=C(/O)c2ccc(OC)cc2)C1c1cccc([N+](=O)[O-])c1. The minimum absolute atomic E-state index is 0.0592. The molecule has 2 aromatic rings. The van der Waals surface area contributed by atoms with E-state index < -0.39 is 22.7 Å². The second kappa shape index (κ2) is 17.3. The van der Waals surface area contributed by atoms with E-state index in [0.29, 0.717) is 29.8 Å². The number of non-ortho nitro benzene ring substituents is 1. The van der Waals surface area contributed by atoms with Gasteiger partial charge in [-0.15, -0.1) is 0 Å². The summed E-state index contributed by atoms with van der Waals surface area (Å²) < 4.78 is 5.18. The Bertz CT molecular complexity index is 1210. The number of nitro groups is 1. The molecule has 1 aliphatic rings. The fraction of sp³-hybridized carbons (Fsp3) is 0.529. The summed E-state index contributed by atoms with van der Waals surface area (Å²) in [5.41, 5.74) is 0.583. The molecule has 1 heterocycles. The number of hydrogen-bond donors (Lipinski definition) is 1. The Balaban J connectivity index is 1.61. The van der Waals surface area contributed by atoms with E-state index in [1.54, 1.807) is 30.3 Å². The van der Waals surface area contributed by atoms with Gasteiger partial charge in [0.15, 0.2) is 0 Å². The third-order valence-corrected chi connectivity index (χ3v) is 8.05.